The molecular weight excluding hydrogens is 308 g/mol. The molecule has 2 heterocycles. The smallest absolute Gasteiger partial charge is 0.121 e. The number of aromatic nitrogens is 3. The van der Waals surface area contributed by atoms with Gasteiger partial charge in [-0.15, -0.1) is 5.10 Å². The van der Waals surface area contributed by atoms with Crippen molar-refractivity contribution in [2.75, 3.05) is 4.90 Å². The molecule has 0 saturated carbocycles. The first-order valence-electron chi connectivity index (χ1n) is 8.88. The standard InChI is InChI=1S/C21H24N4/c1-5-21(2,3)25-14-15-10-6-7-11-16(15)19-20(24(4)23-22-19)17-12-8-9-13-18(17)25/h6-13H,5,14H2,1-4H3. The molecule has 3 aromatic rings. The summed E-state index contributed by atoms with van der Waals surface area (Å²) in [4.78, 5) is 2.52. The summed E-state index contributed by atoms with van der Waals surface area (Å²) in [6.45, 7) is 7.75. The fraction of sp³-hybridized carbons (Fsp3) is 0.333. The van der Waals surface area contributed by atoms with Gasteiger partial charge in [0.2, 0.25) is 0 Å². The highest BCUT2D eigenvalue weighted by Crippen LogP contribution is 2.43. The normalized spacial score (nSPS) is 13.5. The number of aryl methyl sites for hydroxylation is 1. The average Bonchev–Trinajstić information content (AvgIpc) is 2.99. The van der Waals surface area contributed by atoms with Crippen molar-refractivity contribution in [2.24, 2.45) is 7.05 Å². The van der Waals surface area contributed by atoms with Crippen LogP contribution in [-0.4, -0.2) is 20.5 Å². The van der Waals surface area contributed by atoms with Gasteiger partial charge in [0, 0.05) is 35.9 Å². The van der Waals surface area contributed by atoms with Gasteiger partial charge in [-0.1, -0.05) is 54.6 Å². The van der Waals surface area contributed by atoms with Crippen molar-refractivity contribution < 1.29 is 0 Å². The van der Waals surface area contributed by atoms with Crippen LogP contribution >= 0.6 is 0 Å². The fourth-order valence-electron chi connectivity index (χ4n) is 3.63. The van der Waals surface area contributed by atoms with Crippen molar-refractivity contribution in [1.82, 2.24) is 15.0 Å². The molecule has 1 aromatic heterocycles. The van der Waals surface area contributed by atoms with Crippen LogP contribution in [0.25, 0.3) is 22.5 Å². The van der Waals surface area contributed by atoms with Crippen LogP contribution in [-0.2, 0) is 13.6 Å². The maximum absolute atomic E-state index is 4.50. The molecule has 0 unspecified atom stereocenters. The first kappa shape index (κ1) is 15.9. The molecule has 25 heavy (non-hydrogen) atoms. The lowest BCUT2D eigenvalue weighted by atomic mass is 9.91. The SMILES string of the molecule is CCC(C)(C)N1Cc2ccccc2-c2nnn(C)c2-c2ccccc21. The van der Waals surface area contributed by atoms with E-state index in [4.69, 9.17) is 0 Å². The second-order valence-corrected chi connectivity index (χ2v) is 7.34. The predicted molar refractivity (Wildman–Crippen MR) is 102 cm³/mol. The predicted octanol–water partition coefficient (Wildman–Crippen LogP) is 4.66. The van der Waals surface area contributed by atoms with Gasteiger partial charge in [-0.2, -0.15) is 0 Å². The third-order valence-electron chi connectivity index (χ3n) is 5.47. The van der Waals surface area contributed by atoms with Crippen LogP contribution in [0, 0.1) is 0 Å². The summed E-state index contributed by atoms with van der Waals surface area (Å²) >= 11 is 0. The van der Waals surface area contributed by atoms with Crippen LogP contribution in [0.1, 0.15) is 32.8 Å². The average molecular weight is 332 g/mol. The van der Waals surface area contributed by atoms with Gasteiger partial charge >= 0.3 is 0 Å². The molecule has 128 valence electrons. The molecule has 0 amide bonds. The maximum Gasteiger partial charge on any atom is 0.121 e. The Kier molecular flexibility index (Phi) is 3.64. The summed E-state index contributed by atoms with van der Waals surface area (Å²) in [5.74, 6) is 0. The van der Waals surface area contributed by atoms with Crippen LogP contribution in [0.4, 0.5) is 5.69 Å². The molecule has 2 aromatic carbocycles. The number of nitrogens with zero attached hydrogens (tertiary/aromatic N) is 4. The number of benzene rings is 2. The van der Waals surface area contributed by atoms with Gasteiger partial charge in [-0.3, -0.25) is 0 Å². The lowest BCUT2D eigenvalue weighted by molar-refractivity contribution is 0.442. The lowest BCUT2D eigenvalue weighted by Crippen LogP contribution is -2.43. The molecule has 0 radical (unpaired) electrons. The van der Waals surface area contributed by atoms with Crippen LogP contribution in [0.2, 0.25) is 0 Å². The highest BCUT2D eigenvalue weighted by Gasteiger charge is 2.31. The molecule has 0 bridgehead atoms. The van der Waals surface area contributed by atoms with Crippen molar-refractivity contribution in [3.05, 3.63) is 54.1 Å². The number of rotatable bonds is 2. The summed E-state index contributed by atoms with van der Waals surface area (Å²) in [7, 11) is 1.97. The molecule has 4 heteroatoms. The maximum atomic E-state index is 4.50. The van der Waals surface area contributed by atoms with E-state index in [0.29, 0.717) is 0 Å². The Hall–Kier alpha value is -2.62. The zero-order valence-electron chi connectivity index (χ0n) is 15.3. The van der Waals surface area contributed by atoms with Crippen LogP contribution < -0.4 is 4.90 Å². The van der Waals surface area contributed by atoms with E-state index in [2.05, 4.69) is 84.5 Å². The third kappa shape index (κ3) is 2.44. The number of anilines is 1. The van der Waals surface area contributed by atoms with Gasteiger partial charge in [0.15, 0.2) is 0 Å². The van der Waals surface area contributed by atoms with Gasteiger partial charge in [0.05, 0.1) is 5.69 Å². The minimum Gasteiger partial charge on any atom is -0.362 e. The van der Waals surface area contributed by atoms with Crippen molar-refractivity contribution in [2.45, 2.75) is 39.3 Å². The molecule has 0 fully saturated rings. The molecule has 0 saturated heterocycles. The second kappa shape index (κ2) is 5.73. The molecular formula is C21H24N4. The Labute approximate surface area is 149 Å². The molecule has 4 nitrogen and oxygen atoms in total. The Morgan fingerprint density at radius 1 is 1.00 bits per heavy atom. The molecule has 0 N–H and O–H groups in total. The quantitative estimate of drug-likeness (QED) is 0.684. The van der Waals surface area contributed by atoms with Crippen molar-refractivity contribution in [1.29, 1.82) is 0 Å². The van der Waals surface area contributed by atoms with Gasteiger partial charge in [-0.05, 0) is 31.9 Å². The van der Waals surface area contributed by atoms with E-state index in [1.165, 1.54) is 22.4 Å². The largest absolute Gasteiger partial charge is 0.362 e. The highest BCUT2D eigenvalue weighted by molar-refractivity contribution is 5.88. The van der Waals surface area contributed by atoms with E-state index in [1.807, 2.05) is 11.7 Å². The van der Waals surface area contributed by atoms with E-state index in [-0.39, 0.29) is 5.54 Å². The molecule has 1 aliphatic heterocycles. The summed E-state index contributed by atoms with van der Waals surface area (Å²) in [6, 6.07) is 17.2. The van der Waals surface area contributed by atoms with E-state index < -0.39 is 0 Å². The van der Waals surface area contributed by atoms with E-state index in [0.717, 1.165) is 24.4 Å². The Bertz CT molecular complexity index is 923. The van der Waals surface area contributed by atoms with Crippen LogP contribution in [0.15, 0.2) is 48.5 Å². The fourth-order valence-corrected chi connectivity index (χ4v) is 3.63. The van der Waals surface area contributed by atoms with E-state index >= 15 is 0 Å². The summed E-state index contributed by atoms with van der Waals surface area (Å²) in [5, 5.41) is 8.83. The van der Waals surface area contributed by atoms with Gasteiger partial charge in [-0.25, -0.2) is 4.68 Å². The molecule has 1 aliphatic rings. The number of para-hydroxylation sites is 1. The number of hydrogen-bond acceptors (Lipinski definition) is 3. The van der Waals surface area contributed by atoms with Crippen molar-refractivity contribution in [3.63, 3.8) is 0 Å². The van der Waals surface area contributed by atoms with E-state index in [1.54, 1.807) is 0 Å². The summed E-state index contributed by atoms with van der Waals surface area (Å²) in [5.41, 5.74) is 7.01. The Morgan fingerprint density at radius 2 is 1.68 bits per heavy atom. The second-order valence-electron chi connectivity index (χ2n) is 7.34. The topological polar surface area (TPSA) is 34.0 Å². The van der Waals surface area contributed by atoms with Gasteiger partial charge in [0.25, 0.3) is 0 Å². The number of fused-ring (bicyclic) bond motifs is 5. The third-order valence-corrected chi connectivity index (χ3v) is 5.47. The van der Waals surface area contributed by atoms with Crippen molar-refractivity contribution >= 4 is 5.69 Å². The lowest BCUT2D eigenvalue weighted by Gasteiger charge is -2.42. The van der Waals surface area contributed by atoms with E-state index in [9.17, 15) is 0 Å². The summed E-state index contributed by atoms with van der Waals surface area (Å²) < 4.78 is 1.90. The molecule has 4 rings (SSSR count). The molecule has 0 spiro atoms. The minimum atomic E-state index is 0.0484. The first-order chi connectivity index (χ1) is 12.0. The molecule has 0 atom stereocenters. The Morgan fingerprint density at radius 3 is 2.44 bits per heavy atom. The minimum absolute atomic E-state index is 0.0484. The first-order valence-corrected chi connectivity index (χ1v) is 8.88. The van der Waals surface area contributed by atoms with Gasteiger partial charge in [0.1, 0.15) is 5.69 Å². The van der Waals surface area contributed by atoms with Gasteiger partial charge < -0.3 is 4.90 Å². The zero-order valence-corrected chi connectivity index (χ0v) is 15.3. The van der Waals surface area contributed by atoms with Crippen molar-refractivity contribution in [3.8, 4) is 22.5 Å². The monoisotopic (exact) mass is 332 g/mol. The molecule has 0 aliphatic carbocycles. The summed E-state index contributed by atoms with van der Waals surface area (Å²) in [6.07, 6.45) is 1.07. The zero-order chi connectivity index (χ0) is 17.6. The van der Waals surface area contributed by atoms with Crippen LogP contribution in [0.5, 0.6) is 0 Å². The highest BCUT2D eigenvalue weighted by atomic mass is 15.4. The van der Waals surface area contributed by atoms with Crippen LogP contribution in [0.3, 0.4) is 0 Å². The Balaban J connectivity index is 2.08. The number of hydrogen-bond donors (Lipinski definition) is 0.